The number of rotatable bonds is 12. The minimum absolute atomic E-state index is 0.0138. The lowest BCUT2D eigenvalue weighted by Crippen LogP contribution is -2.35. The summed E-state index contributed by atoms with van der Waals surface area (Å²) in [7, 11) is 10.3. The Morgan fingerprint density at radius 3 is 1.98 bits per heavy atom. The summed E-state index contributed by atoms with van der Waals surface area (Å²) in [5.74, 6) is 0.978. The standard InChI is InChI=1S/C36H36FNO11/c1-41-22-16-27(43-3)23-18-32(33(48-28(23)17-22)19-9-11-26(42-2)29(13-19)44-4)49-36(40)20-8-10-24(37)25(12-20)38-35(39)21-14-30(45-5)34(47-7)31(15-21)46-6/h8-17,32-33H,18H2,1-7H3,(H,38,39)/t32-,33+/m0/s1. The van der Waals surface area contributed by atoms with Gasteiger partial charge in [0.1, 0.15) is 29.2 Å². The summed E-state index contributed by atoms with van der Waals surface area (Å²) in [4.78, 5) is 26.9. The van der Waals surface area contributed by atoms with Gasteiger partial charge in [0.25, 0.3) is 5.91 Å². The molecule has 0 bridgehead atoms. The van der Waals surface area contributed by atoms with Crippen LogP contribution in [0.1, 0.15) is 37.9 Å². The average molecular weight is 678 g/mol. The third-order valence-corrected chi connectivity index (χ3v) is 7.97. The van der Waals surface area contributed by atoms with Gasteiger partial charge in [-0.15, -0.1) is 0 Å². The molecule has 13 heteroatoms. The van der Waals surface area contributed by atoms with Crippen LogP contribution < -0.4 is 43.2 Å². The fraction of sp³-hybridized carbons (Fsp3) is 0.278. The van der Waals surface area contributed by atoms with E-state index in [1.54, 1.807) is 30.3 Å². The van der Waals surface area contributed by atoms with Crippen molar-refractivity contribution in [3.05, 3.63) is 88.7 Å². The molecule has 49 heavy (non-hydrogen) atoms. The van der Waals surface area contributed by atoms with Gasteiger partial charge in [0.2, 0.25) is 5.75 Å². The molecule has 0 aliphatic carbocycles. The number of carbonyl (C=O) groups excluding carboxylic acids is 2. The molecular weight excluding hydrogens is 641 g/mol. The molecule has 0 fully saturated rings. The molecule has 1 amide bonds. The van der Waals surface area contributed by atoms with Crippen molar-refractivity contribution in [3.8, 4) is 46.0 Å². The maximum absolute atomic E-state index is 15.0. The van der Waals surface area contributed by atoms with Crippen LogP contribution in [0.2, 0.25) is 0 Å². The molecule has 5 rings (SSSR count). The molecule has 0 saturated carbocycles. The molecule has 0 spiro atoms. The molecule has 4 aromatic carbocycles. The molecule has 258 valence electrons. The fourth-order valence-electron chi connectivity index (χ4n) is 5.50. The Hall–Kier alpha value is -5.85. The van der Waals surface area contributed by atoms with Crippen molar-refractivity contribution in [2.24, 2.45) is 0 Å². The number of amides is 1. The highest BCUT2D eigenvalue weighted by molar-refractivity contribution is 6.05. The zero-order valence-electron chi connectivity index (χ0n) is 28.0. The average Bonchev–Trinajstić information content (AvgIpc) is 3.13. The van der Waals surface area contributed by atoms with Crippen molar-refractivity contribution < 1.29 is 56.6 Å². The fourth-order valence-corrected chi connectivity index (χ4v) is 5.50. The van der Waals surface area contributed by atoms with Crippen LogP contribution in [0.15, 0.2) is 60.7 Å². The molecule has 4 aromatic rings. The number of carbonyl (C=O) groups is 2. The van der Waals surface area contributed by atoms with Crippen molar-refractivity contribution in [2.45, 2.75) is 18.6 Å². The number of hydrogen-bond donors (Lipinski definition) is 1. The Bertz CT molecular complexity index is 1840. The first kappa shape index (κ1) is 34.5. The topological polar surface area (TPSA) is 129 Å². The van der Waals surface area contributed by atoms with Crippen LogP contribution in [0.5, 0.6) is 46.0 Å². The third-order valence-electron chi connectivity index (χ3n) is 7.97. The maximum Gasteiger partial charge on any atom is 0.338 e. The lowest BCUT2D eigenvalue weighted by molar-refractivity contribution is -0.0188. The summed E-state index contributed by atoms with van der Waals surface area (Å²) in [6.07, 6.45) is -1.46. The number of methoxy groups -OCH3 is 7. The summed E-state index contributed by atoms with van der Waals surface area (Å²) in [6, 6.07) is 15.1. The first-order valence-electron chi connectivity index (χ1n) is 14.9. The van der Waals surface area contributed by atoms with E-state index in [0.29, 0.717) is 39.9 Å². The van der Waals surface area contributed by atoms with E-state index in [4.69, 9.17) is 42.6 Å². The molecule has 12 nitrogen and oxygen atoms in total. The van der Waals surface area contributed by atoms with Crippen molar-refractivity contribution in [1.82, 2.24) is 0 Å². The molecule has 1 heterocycles. The largest absolute Gasteiger partial charge is 0.496 e. The van der Waals surface area contributed by atoms with Crippen LogP contribution in [0.4, 0.5) is 10.1 Å². The molecule has 1 N–H and O–H groups in total. The lowest BCUT2D eigenvalue weighted by Gasteiger charge is -2.34. The normalized spacial score (nSPS) is 14.8. The monoisotopic (exact) mass is 677 g/mol. The van der Waals surface area contributed by atoms with Crippen LogP contribution in [0, 0.1) is 5.82 Å². The number of fused-ring (bicyclic) bond motifs is 1. The second-order valence-corrected chi connectivity index (χ2v) is 10.7. The van der Waals surface area contributed by atoms with E-state index in [0.717, 1.165) is 6.07 Å². The number of esters is 1. The highest BCUT2D eigenvalue weighted by atomic mass is 19.1. The lowest BCUT2D eigenvalue weighted by atomic mass is 9.93. The van der Waals surface area contributed by atoms with Gasteiger partial charge in [0.05, 0.1) is 61.0 Å². The molecule has 0 unspecified atom stereocenters. The van der Waals surface area contributed by atoms with Crippen molar-refractivity contribution in [1.29, 1.82) is 0 Å². The molecule has 1 aliphatic rings. The van der Waals surface area contributed by atoms with Gasteiger partial charge < -0.3 is 47.9 Å². The predicted molar refractivity (Wildman–Crippen MR) is 176 cm³/mol. The van der Waals surface area contributed by atoms with Gasteiger partial charge in [0, 0.05) is 35.2 Å². The van der Waals surface area contributed by atoms with Crippen molar-refractivity contribution in [2.75, 3.05) is 55.1 Å². The second kappa shape index (κ2) is 14.9. The Kier molecular flexibility index (Phi) is 10.5. The Labute approximate surface area is 282 Å². The zero-order valence-corrected chi connectivity index (χ0v) is 28.0. The summed E-state index contributed by atoms with van der Waals surface area (Å²) in [6.45, 7) is 0. The number of halogens is 1. The SMILES string of the molecule is COc1cc(OC)c2c(c1)O[C@H](c1ccc(OC)c(OC)c1)[C@@H](OC(=O)c1ccc(F)c(NC(=O)c3cc(OC)c(OC)c(OC)c3)c1)C2. The minimum atomic E-state index is -0.872. The Balaban J connectivity index is 1.46. The zero-order chi connectivity index (χ0) is 35.2. The van der Waals surface area contributed by atoms with E-state index >= 15 is 4.39 Å². The first-order valence-corrected chi connectivity index (χ1v) is 14.9. The molecule has 0 saturated heterocycles. The van der Waals surface area contributed by atoms with Gasteiger partial charge in [-0.3, -0.25) is 4.79 Å². The van der Waals surface area contributed by atoms with Gasteiger partial charge in [-0.2, -0.15) is 0 Å². The molecular formula is C36H36FNO11. The van der Waals surface area contributed by atoms with Gasteiger partial charge in [-0.25, -0.2) is 9.18 Å². The van der Waals surface area contributed by atoms with Crippen LogP contribution in [-0.2, 0) is 11.2 Å². The Morgan fingerprint density at radius 1 is 0.694 bits per heavy atom. The second-order valence-electron chi connectivity index (χ2n) is 10.7. The van der Waals surface area contributed by atoms with Gasteiger partial charge >= 0.3 is 5.97 Å². The number of nitrogens with one attached hydrogen (secondary N) is 1. The van der Waals surface area contributed by atoms with Crippen LogP contribution in [0.25, 0.3) is 0 Å². The maximum atomic E-state index is 15.0. The summed E-state index contributed by atoms with van der Waals surface area (Å²) >= 11 is 0. The summed E-state index contributed by atoms with van der Waals surface area (Å²) in [5.41, 5.74) is 1.14. The van der Waals surface area contributed by atoms with E-state index in [1.807, 2.05) is 0 Å². The van der Waals surface area contributed by atoms with E-state index in [2.05, 4.69) is 5.32 Å². The van der Waals surface area contributed by atoms with E-state index in [9.17, 15) is 9.59 Å². The summed E-state index contributed by atoms with van der Waals surface area (Å²) in [5, 5.41) is 2.51. The van der Waals surface area contributed by atoms with Crippen molar-refractivity contribution in [3.63, 3.8) is 0 Å². The molecule has 1 aliphatic heterocycles. The highest BCUT2D eigenvalue weighted by Crippen LogP contribution is 2.45. The van der Waals surface area contributed by atoms with Gasteiger partial charge in [-0.05, 0) is 42.5 Å². The number of anilines is 1. The quantitative estimate of drug-likeness (QED) is 0.176. The predicted octanol–water partition coefficient (Wildman–Crippen LogP) is 6.04. The van der Waals surface area contributed by atoms with Gasteiger partial charge in [0.15, 0.2) is 29.1 Å². The molecule has 2 atom stereocenters. The number of ether oxygens (including phenoxy) is 9. The van der Waals surface area contributed by atoms with E-state index in [1.165, 1.54) is 74.0 Å². The third kappa shape index (κ3) is 7.05. The highest BCUT2D eigenvalue weighted by Gasteiger charge is 2.37. The number of hydrogen-bond acceptors (Lipinski definition) is 11. The van der Waals surface area contributed by atoms with Gasteiger partial charge in [-0.1, -0.05) is 6.07 Å². The minimum Gasteiger partial charge on any atom is -0.496 e. The summed E-state index contributed by atoms with van der Waals surface area (Å²) < 4.78 is 65.4. The number of benzene rings is 4. The van der Waals surface area contributed by atoms with Crippen LogP contribution in [-0.4, -0.2) is 67.7 Å². The van der Waals surface area contributed by atoms with E-state index in [-0.39, 0.29) is 40.5 Å². The molecule has 0 aromatic heterocycles. The van der Waals surface area contributed by atoms with E-state index < -0.39 is 29.9 Å². The first-order chi connectivity index (χ1) is 23.7. The smallest absolute Gasteiger partial charge is 0.338 e. The van der Waals surface area contributed by atoms with Crippen LogP contribution >= 0.6 is 0 Å². The van der Waals surface area contributed by atoms with Crippen LogP contribution in [0.3, 0.4) is 0 Å². The Morgan fingerprint density at radius 2 is 1.37 bits per heavy atom. The van der Waals surface area contributed by atoms with Crippen molar-refractivity contribution >= 4 is 17.6 Å². The molecule has 0 radical (unpaired) electrons.